The number of piperidine rings is 1. The average molecular weight is 287 g/mol. The Hall–Kier alpha value is -2.37. The van der Waals surface area contributed by atoms with Gasteiger partial charge in [-0.05, 0) is 24.1 Å². The summed E-state index contributed by atoms with van der Waals surface area (Å²) in [6.07, 6.45) is 1.49. The molecule has 1 aromatic rings. The summed E-state index contributed by atoms with van der Waals surface area (Å²) in [5.41, 5.74) is 2.15. The summed E-state index contributed by atoms with van der Waals surface area (Å²) in [7, 11) is 1.74. The second-order valence-corrected chi connectivity index (χ2v) is 5.58. The van der Waals surface area contributed by atoms with E-state index >= 15 is 0 Å². The lowest BCUT2D eigenvalue weighted by Gasteiger charge is -2.30. The third kappa shape index (κ3) is 2.74. The summed E-state index contributed by atoms with van der Waals surface area (Å²) in [4.78, 5) is 36.6. The summed E-state index contributed by atoms with van der Waals surface area (Å²) in [6.45, 7) is 0.534. The molecule has 2 aliphatic heterocycles. The molecule has 1 fully saturated rings. The molecule has 0 aliphatic carbocycles. The maximum Gasteiger partial charge on any atom is 0.251 e. The van der Waals surface area contributed by atoms with Gasteiger partial charge in [-0.15, -0.1) is 0 Å². The summed E-state index contributed by atoms with van der Waals surface area (Å²) in [6, 6.07) is 5.21. The van der Waals surface area contributed by atoms with Gasteiger partial charge in [0.05, 0.1) is 6.42 Å². The number of likely N-dealkylation sites (N-methyl/N-ethyl adjacent to an activating group) is 1. The lowest BCUT2D eigenvalue weighted by atomic mass is 10.0. The van der Waals surface area contributed by atoms with Crippen LogP contribution in [0.15, 0.2) is 18.2 Å². The smallest absolute Gasteiger partial charge is 0.251 e. The Morgan fingerprint density at radius 2 is 2.19 bits per heavy atom. The fourth-order valence-corrected chi connectivity index (χ4v) is 2.75. The van der Waals surface area contributed by atoms with Crippen LogP contribution in [0.2, 0.25) is 0 Å². The topological polar surface area (TPSA) is 78.5 Å². The highest BCUT2D eigenvalue weighted by Gasteiger charge is 2.25. The predicted molar refractivity (Wildman–Crippen MR) is 76.9 cm³/mol. The minimum absolute atomic E-state index is 0.0250. The maximum atomic E-state index is 12.3. The number of hydrogen-bond donors (Lipinski definition) is 2. The number of carbonyl (C=O) groups is 3. The van der Waals surface area contributed by atoms with Crippen molar-refractivity contribution in [2.24, 2.45) is 0 Å². The Balaban J connectivity index is 1.68. The summed E-state index contributed by atoms with van der Waals surface area (Å²) in [5.74, 6) is -0.109. The molecule has 0 bridgehead atoms. The van der Waals surface area contributed by atoms with Crippen molar-refractivity contribution in [3.63, 3.8) is 0 Å². The number of anilines is 1. The summed E-state index contributed by atoms with van der Waals surface area (Å²) in [5, 5.41) is 5.68. The van der Waals surface area contributed by atoms with E-state index < -0.39 is 0 Å². The van der Waals surface area contributed by atoms with Crippen LogP contribution in [0, 0.1) is 0 Å². The number of hydrogen-bond acceptors (Lipinski definition) is 3. The normalized spacial score (nSPS) is 21.0. The minimum atomic E-state index is -0.174. The molecule has 1 unspecified atom stereocenters. The number of rotatable bonds is 2. The van der Waals surface area contributed by atoms with Crippen LogP contribution in [-0.4, -0.2) is 42.3 Å². The van der Waals surface area contributed by atoms with E-state index in [9.17, 15) is 14.4 Å². The van der Waals surface area contributed by atoms with Crippen LogP contribution in [-0.2, 0) is 16.0 Å². The van der Waals surface area contributed by atoms with E-state index in [2.05, 4.69) is 10.6 Å². The van der Waals surface area contributed by atoms with E-state index in [1.807, 2.05) is 0 Å². The van der Waals surface area contributed by atoms with Crippen molar-refractivity contribution in [3.05, 3.63) is 29.3 Å². The second kappa shape index (κ2) is 5.20. The van der Waals surface area contributed by atoms with Crippen molar-refractivity contribution in [3.8, 4) is 0 Å². The van der Waals surface area contributed by atoms with E-state index in [-0.39, 0.29) is 23.8 Å². The fraction of sp³-hybridized carbons (Fsp3) is 0.400. The lowest BCUT2D eigenvalue weighted by molar-refractivity contribution is -0.132. The molecule has 21 heavy (non-hydrogen) atoms. The molecular weight excluding hydrogens is 270 g/mol. The zero-order valence-electron chi connectivity index (χ0n) is 11.8. The molecule has 2 aliphatic rings. The van der Waals surface area contributed by atoms with Crippen molar-refractivity contribution in [2.45, 2.75) is 25.3 Å². The Labute approximate surface area is 122 Å². The zero-order valence-corrected chi connectivity index (χ0v) is 11.8. The number of nitrogens with one attached hydrogen (secondary N) is 2. The SMILES string of the molecule is CN1CC(NC(=O)c2ccc3c(c2)NC(=O)C3)CCC1=O. The van der Waals surface area contributed by atoms with Gasteiger partial charge >= 0.3 is 0 Å². The molecule has 0 spiro atoms. The van der Waals surface area contributed by atoms with Gasteiger partial charge in [0.15, 0.2) is 0 Å². The number of amides is 3. The second-order valence-electron chi connectivity index (χ2n) is 5.58. The van der Waals surface area contributed by atoms with Gasteiger partial charge in [0.25, 0.3) is 5.91 Å². The molecule has 1 saturated heterocycles. The lowest BCUT2D eigenvalue weighted by Crippen LogP contribution is -2.48. The number of benzene rings is 1. The Morgan fingerprint density at radius 3 is 2.95 bits per heavy atom. The van der Waals surface area contributed by atoms with Gasteiger partial charge in [0, 0.05) is 37.3 Å². The summed E-state index contributed by atoms with van der Waals surface area (Å²) < 4.78 is 0. The number of fused-ring (bicyclic) bond motifs is 1. The molecule has 1 atom stereocenters. The molecule has 6 nitrogen and oxygen atoms in total. The number of nitrogens with zero attached hydrogens (tertiary/aromatic N) is 1. The number of likely N-dealkylation sites (tertiary alicyclic amines) is 1. The quantitative estimate of drug-likeness (QED) is 0.833. The zero-order chi connectivity index (χ0) is 15.0. The third-order valence-electron chi connectivity index (χ3n) is 3.96. The van der Waals surface area contributed by atoms with Crippen molar-refractivity contribution < 1.29 is 14.4 Å². The van der Waals surface area contributed by atoms with Crippen molar-refractivity contribution >= 4 is 23.4 Å². The predicted octanol–water partition coefficient (Wildman–Crippen LogP) is 0.532. The molecule has 0 aromatic heterocycles. The summed E-state index contributed by atoms with van der Waals surface area (Å²) >= 11 is 0. The Morgan fingerprint density at radius 1 is 1.38 bits per heavy atom. The molecule has 110 valence electrons. The number of carbonyl (C=O) groups excluding carboxylic acids is 3. The van der Waals surface area contributed by atoms with E-state index in [1.54, 1.807) is 30.1 Å². The molecule has 2 N–H and O–H groups in total. The van der Waals surface area contributed by atoms with Crippen LogP contribution in [0.5, 0.6) is 0 Å². The highest BCUT2D eigenvalue weighted by Crippen LogP contribution is 2.24. The van der Waals surface area contributed by atoms with Crippen LogP contribution in [0.1, 0.15) is 28.8 Å². The van der Waals surface area contributed by atoms with Gasteiger partial charge < -0.3 is 15.5 Å². The van der Waals surface area contributed by atoms with E-state index in [4.69, 9.17) is 0 Å². The first kappa shape index (κ1) is 13.6. The highest BCUT2D eigenvalue weighted by atomic mass is 16.2. The van der Waals surface area contributed by atoms with Gasteiger partial charge in [-0.25, -0.2) is 0 Å². The Bertz CT molecular complexity index is 627. The van der Waals surface area contributed by atoms with E-state index in [1.165, 1.54) is 0 Å². The van der Waals surface area contributed by atoms with Crippen molar-refractivity contribution in [1.82, 2.24) is 10.2 Å². The van der Waals surface area contributed by atoms with Gasteiger partial charge in [-0.3, -0.25) is 14.4 Å². The fourth-order valence-electron chi connectivity index (χ4n) is 2.75. The van der Waals surface area contributed by atoms with Gasteiger partial charge in [0.2, 0.25) is 11.8 Å². The Kier molecular flexibility index (Phi) is 3.37. The maximum absolute atomic E-state index is 12.3. The molecule has 3 rings (SSSR count). The van der Waals surface area contributed by atoms with Crippen molar-refractivity contribution in [2.75, 3.05) is 18.9 Å². The molecule has 2 heterocycles. The van der Waals surface area contributed by atoms with Crippen LogP contribution in [0.3, 0.4) is 0 Å². The van der Waals surface area contributed by atoms with Gasteiger partial charge in [-0.1, -0.05) is 6.07 Å². The molecule has 3 amide bonds. The third-order valence-corrected chi connectivity index (χ3v) is 3.96. The van der Waals surface area contributed by atoms with Gasteiger partial charge in [-0.2, -0.15) is 0 Å². The highest BCUT2D eigenvalue weighted by molar-refractivity contribution is 6.02. The first-order valence-electron chi connectivity index (χ1n) is 7.00. The van der Waals surface area contributed by atoms with Crippen LogP contribution < -0.4 is 10.6 Å². The standard InChI is InChI=1S/C15H17N3O3/c1-18-8-11(4-5-14(18)20)16-15(21)10-3-2-9-7-13(19)17-12(9)6-10/h2-3,6,11H,4-5,7-8H2,1H3,(H,16,21)(H,17,19). The first-order chi connectivity index (χ1) is 10.0. The van der Waals surface area contributed by atoms with E-state index in [0.29, 0.717) is 37.1 Å². The molecule has 6 heteroatoms. The minimum Gasteiger partial charge on any atom is -0.348 e. The van der Waals surface area contributed by atoms with E-state index in [0.717, 1.165) is 5.56 Å². The average Bonchev–Trinajstić information content (AvgIpc) is 2.82. The van der Waals surface area contributed by atoms with Crippen LogP contribution >= 0.6 is 0 Å². The largest absolute Gasteiger partial charge is 0.348 e. The van der Waals surface area contributed by atoms with Crippen molar-refractivity contribution in [1.29, 1.82) is 0 Å². The first-order valence-corrected chi connectivity index (χ1v) is 7.00. The monoisotopic (exact) mass is 287 g/mol. The molecule has 1 aromatic carbocycles. The van der Waals surface area contributed by atoms with Crippen LogP contribution in [0.25, 0.3) is 0 Å². The molecule has 0 saturated carbocycles. The van der Waals surface area contributed by atoms with Crippen LogP contribution in [0.4, 0.5) is 5.69 Å². The molecule has 0 radical (unpaired) electrons. The molecular formula is C15H17N3O3. The van der Waals surface area contributed by atoms with Gasteiger partial charge in [0.1, 0.15) is 0 Å².